The van der Waals surface area contributed by atoms with Crippen molar-refractivity contribution in [1.29, 1.82) is 0 Å². The van der Waals surface area contributed by atoms with Crippen molar-refractivity contribution in [3.8, 4) is 0 Å². The number of benzene rings is 2. The molecule has 0 saturated carbocycles. The van der Waals surface area contributed by atoms with E-state index in [1.54, 1.807) is 7.05 Å². The Morgan fingerprint density at radius 2 is 1.97 bits per heavy atom. The van der Waals surface area contributed by atoms with E-state index < -0.39 is 21.9 Å². The van der Waals surface area contributed by atoms with Crippen LogP contribution < -0.4 is 0 Å². The molecule has 4 rings (SSSR count). The number of nitrogens with zero attached hydrogens (tertiary/aromatic N) is 3. The van der Waals surface area contributed by atoms with Gasteiger partial charge in [0.25, 0.3) is 0 Å². The van der Waals surface area contributed by atoms with Crippen LogP contribution in [-0.4, -0.2) is 48.1 Å². The quantitative estimate of drug-likeness (QED) is 0.619. The molecule has 0 spiro atoms. The maximum atomic E-state index is 13.2. The van der Waals surface area contributed by atoms with Crippen LogP contribution in [0.3, 0.4) is 0 Å². The van der Waals surface area contributed by atoms with Crippen molar-refractivity contribution in [2.75, 3.05) is 13.6 Å². The number of carbonyl (C=O) groups excluding carboxylic acids is 1. The minimum absolute atomic E-state index is 0.00701. The Hall–Kier alpha value is -2.36. The number of carbonyl (C=O) groups is 1. The fourth-order valence-corrected chi connectivity index (χ4v) is 6.21. The van der Waals surface area contributed by atoms with Crippen LogP contribution >= 0.6 is 11.3 Å². The van der Waals surface area contributed by atoms with E-state index in [0.717, 1.165) is 27.4 Å². The van der Waals surface area contributed by atoms with Crippen LogP contribution in [0.5, 0.6) is 0 Å². The minimum atomic E-state index is -3.87. The van der Waals surface area contributed by atoms with Gasteiger partial charge in [-0.25, -0.2) is 17.8 Å². The monoisotopic (exact) mass is 433 g/mol. The number of likely N-dealkylation sites (N-methyl/N-ethyl adjacent to an activating group) is 1. The second kappa shape index (κ2) is 7.81. The van der Waals surface area contributed by atoms with E-state index in [4.69, 9.17) is 0 Å². The number of aromatic nitrogens is 1. The lowest BCUT2D eigenvalue weighted by Crippen LogP contribution is -2.46. The number of rotatable bonds is 5. The summed E-state index contributed by atoms with van der Waals surface area (Å²) in [6.07, 6.45) is 1.06. The number of fused-ring (bicyclic) bond motifs is 1. The van der Waals surface area contributed by atoms with E-state index in [1.807, 2.05) is 24.3 Å². The Labute approximate surface area is 172 Å². The molecular formula is C20H20FN3O3S2. The van der Waals surface area contributed by atoms with Gasteiger partial charge in [-0.3, -0.25) is 4.79 Å². The summed E-state index contributed by atoms with van der Waals surface area (Å²) in [5.41, 5.74) is 0.884. The molecule has 0 N–H and O–H groups in total. The lowest BCUT2D eigenvalue weighted by Gasteiger charge is -2.27. The van der Waals surface area contributed by atoms with Gasteiger partial charge >= 0.3 is 0 Å². The van der Waals surface area contributed by atoms with Crippen LogP contribution in [0.2, 0.25) is 0 Å². The summed E-state index contributed by atoms with van der Waals surface area (Å²) in [6, 6.07) is 11.7. The van der Waals surface area contributed by atoms with E-state index in [1.165, 1.54) is 32.7 Å². The molecule has 1 aliphatic rings. The van der Waals surface area contributed by atoms with E-state index in [-0.39, 0.29) is 17.3 Å². The van der Waals surface area contributed by atoms with E-state index >= 15 is 0 Å². The van der Waals surface area contributed by atoms with Crippen molar-refractivity contribution < 1.29 is 17.6 Å². The van der Waals surface area contributed by atoms with Gasteiger partial charge in [0.05, 0.1) is 21.7 Å². The summed E-state index contributed by atoms with van der Waals surface area (Å²) in [7, 11) is -2.21. The molecule has 2 heterocycles. The first-order valence-electron chi connectivity index (χ1n) is 9.23. The predicted octanol–water partition coefficient (Wildman–Crippen LogP) is 3.25. The number of amides is 1. The molecule has 1 atom stereocenters. The van der Waals surface area contributed by atoms with Gasteiger partial charge in [-0.15, -0.1) is 11.3 Å². The van der Waals surface area contributed by atoms with Crippen LogP contribution in [0.4, 0.5) is 4.39 Å². The zero-order valence-corrected chi connectivity index (χ0v) is 17.4. The molecule has 1 saturated heterocycles. The summed E-state index contributed by atoms with van der Waals surface area (Å²) in [6.45, 7) is 0.588. The van der Waals surface area contributed by atoms with Gasteiger partial charge in [-0.2, -0.15) is 4.31 Å². The Morgan fingerprint density at radius 3 is 2.69 bits per heavy atom. The van der Waals surface area contributed by atoms with E-state index in [0.29, 0.717) is 19.4 Å². The molecule has 29 heavy (non-hydrogen) atoms. The molecule has 0 radical (unpaired) electrons. The topological polar surface area (TPSA) is 70.6 Å². The molecular weight excluding hydrogens is 413 g/mol. The van der Waals surface area contributed by atoms with Crippen molar-refractivity contribution >= 4 is 37.5 Å². The smallest absolute Gasteiger partial charge is 0.243 e. The van der Waals surface area contributed by atoms with Crippen LogP contribution in [0.15, 0.2) is 53.4 Å². The fourth-order valence-electron chi connectivity index (χ4n) is 3.54. The van der Waals surface area contributed by atoms with Crippen molar-refractivity contribution in [2.24, 2.45) is 0 Å². The maximum absolute atomic E-state index is 13.2. The molecule has 1 aliphatic heterocycles. The third-order valence-corrected chi connectivity index (χ3v) is 7.94. The zero-order valence-electron chi connectivity index (χ0n) is 15.8. The standard InChI is InChI=1S/C20H20FN3O3S2/c1-23(13-19-22-16-5-2-3-7-18(16)28-19)20(25)17-6-4-12-24(17)29(26,27)15-10-8-14(21)9-11-15/h2-3,5,7-11,17H,4,6,12-13H2,1H3. The Balaban J connectivity index is 1.52. The maximum Gasteiger partial charge on any atom is 0.243 e. The van der Waals surface area contributed by atoms with Crippen molar-refractivity contribution in [1.82, 2.24) is 14.2 Å². The lowest BCUT2D eigenvalue weighted by atomic mass is 10.2. The fraction of sp³-hybridized carbons (Fsp3) is 0.300. The molecule has 3 aromatic rings. The first-order valence-corrected chi connectivity index (χ1v) is 11.5. The number of thiazole rings is 1. The molecule has 1 fully saturated rings. The van der Waals surface area contributed by atoms with Gasteiger partial charge in [-0.05, 0) is 49.2 Å². The molecule has 9 heteroatoms. The number of halogens is 1. The Bertz CT molecular complexity index is 1110. The zero-order chi connectivity index (χ0) is 20.6. The highest BCUT2D eigenvalue weighted by atomic mass is 32.2. The molecule has 1 amide bonds. The van der Waals surface area contributed by atoms with Crippen LogP contribution in [-0.2, 0) is 21.4 Å². The highest BCUT2D eigenvalue weighted by molar-refractivity contribution is 7.89. The van der Waals surface area contributed by atoms with Crippen LogP contribution in [0, 0.1) is 5.82 Å². The van der Waals surface area contributed by atoms with Gasteiger partial charge in [0, 0.05) is 13.6 Å². The number of hydrogen-bond acceptors (Lipinski definition) is 5. The third kappa shape index (κ3) is 3.90. The first kappa shape index (κ1) is 19.9. The highest BCUT2D eigenvalue weighted by Gasteiger charge is 2.40. The predicted molar refractivity (Wildman–Crippen MR) is 109 cm³/mol. The summed E-state index contributed by atoms with van der Waals surface area (Å²) in [5.74, 6) is -0.763. The van der Waals surface area contributed by atoms with Gasteiger partial charge in [0.2, 0.25) is 15.9 Å². The third-order valence-electron chi connectivity index (χ3n) is 5.00. The molecule has 1 aromatic heterocycles. The lowest BCUT2D eigenvalue weighted by molar-refractivity contribution is -0.133. The largest absolute Gasteiger partial charge is 0.338 e. The first-order chi connectivity index (χ1) is 13.9. The molecule has 152 valence electrons. The molecule has 1 unspecified atom stereocenters. The molecule has 2 aromatic carbocycles. The number of para-hydroxylation sites is 1. The SMILES string of the molecule is CN(Cc1nc2ccccc2s1)C(=O)C1CCCN1S(=O)(=O)c1ccc(F)cc1. The van der Waals surface area contributed by atoms with Gasteiger partial charge in [-0.1, -0.05) is 12.1 Å². The van der Waals surface area contributed by atoms with Gasteiger partial charge in [0.1, 0.15) is 16.9 Å². The van der Waals surface area contributed by atoms with Gasteiger partial charge < -0.3 is 4.90 Å². The molecule has 0 aliphatic carbocycles. The van der Waals surface area contributed by atoms with Crippen LogP contribution in [0.1, 0.15) is 17.8 Å². The Kier molecular flexibility index (Phi) is 5.37. The number of hydrogen-bond donors (Lipinski definition) is 0. The van der Waals surface area contributed by atoms with Crippen LogP contribution in [0.25, 0.3) is 10.2 Å². The van der Waals surface area contributed by atoms with E-state index in [2.05, 4.69) is 4.98 Å². The molecule has 6 nitrogen and oxygen atoms in total. The van der Waals surface area contributed by atoms with Crippen molar-refractivity contribution in [2.45, 2.75) is 30.3 Å². The summed E-state index contributed by atoms with van der Waals surface area (Å²) >= 11 is 1.52. The average molecular weight is 434 g/mol. The second-order valence-electron chi connectivity index (χ2n) is 7.00. The summed E-state index contributed by atoms with van der Waals surface area (Å²) in [4.78, 5) is 19.1. The Morgan fingerprint density at radius 1 is 1.24 bits per heavy atom. The van der Waals surface area contributed by atoms with Gasteiger partial charge in [0.15, 0.2) is 0 Å². The highest BCUT2D eigenvalue weighted by Crippen LogP contribution is 2.28. The van der Waals surface area contributed by atoms with Crippen molar-refractivity contribution in [3.05, 3.63) is 59.4 Å². The summed E-state index contributed by atoms with van der Waals surface area (Å²) < 4.78 is 41.4. The van der Waals surface area contributed by atoms with Crippen molar-refractivity contribution in [3.63, 3.8) is 0 Å². The van der Waals surface area contributed by atoms with E-state index in [9.17, 15) is 17.6 Å². The second-order valence-corrected chi connectivity index (χ2v) is 10.0. The minimum Gasteiger partial charge on any atom is -0.338 e. The summed E-state index contributed by atoms with van der Waals surface area (Å²) in [5, 5.41) is 0.799. The normalized spacial score (nSPS) is 17.7. The number of sulfonamides is 1. The molecule has 0 bridgehead atoms. The average Bonchev–Trinajstić information content (AvgIpc) is 3.34.